The Bertz CT molecular complexity index is 397. The summed E-state index contributed by atoms with van der Waals surface area (Å²) in [6.07, 6.45) is 0.857. The number of hydrogen-bond donors (Lipinski definition) is 1. The van der Waals surface area contributed by atoms with Crippen LogP contribution in [0.2, 0.25) is 0 Å². The number of nitrogens with one attached hydrogen (secondary N) is 1. The maximum absolute atomic E-state index is 11.9. The standard InChI is InChI=1S/C15H27N3O3S/c1-11(18-9-12(2)21-13(3)10-18)8-16-14(19)4-5-17-6-7-22-15(17)20/h11-13H,4-10H2,1-3H3,(H,16,19)/t11-,12+,13+/m0/s1. The van der Waals surface area contributed by atoms with E-state index in [4.69, 9.17) is 4.74 Å². The van der Waals surface area contributed by atoms with Gasteiger partial charge in [-0.05, 0) is 20.8 Å². The normalized spacial score (nSPS) is 28.0. The third-order valence-corrected chi connectivity index (χ3v) is 5.01. The van der Waals surface area contributed by atoms with E-state index in [-0.39, 0.29) is 23.4 Å². The summed E-state index contributed by atoms with van der Waals surface area (Å²) >= 11 is 1.33. The highest BCUT2D eigenvalue weighted by molar-refractivity contribution is 8.13. The molecule has 7 heteroatoms. The molecule has 3 atom stereocenters. The highest BCUT2D eigenvalue weighted by Gasteiger charge is 2.26. The van der Waals surface area contributed by atoms with Gasteiger partial charge in [0.15, 0.2) is 0 Å². The Labute approximate surface area is 136 Å². The van der Waals surface area contributed by atoms with E-state index in [0.29, 0.717) is 25.6 Å². The minimum absolute atomic E-state index is 0.0194. The van der Waals surface area contributed by atoms with Crippen LogP contribution in [0.15, 0.2) is 0 Å². The van der Waals surface area contributed by atoms with Crippen molar-refractivity contribution in [2.24, 2.45) is 0 Å². The van der Waals surface area contributed by atoms with Gasteiger partial charge in [0.05, 0.1) is 12.2 Å². The van der Waals surface area contributed by atoms with Gasteiger partial charge in [-0.15, -0.1) is 0 Å². The van der Waals surface area contributed by atoms with E-state index in [0.717, 1.165) is 25.4 Å². The number of morpholine rings is 1. The molecule has 0 aromatic heterocycles. The second-order valence-electron chi connectivity index (χ2n) is 6.22. The maximum Gasteiger partial charge on any atom is 0.281 e. The van der Waals surface area contributed by atoms with Gasteiger partial charge in [0.2, 0.25) is 5.91 Å². The van der Waals surface area contributed by atoms with E-state index in [9.17, 15) is 9.59 Å². The van der Waals surface area contributed by atoms with Gasteiger partial charge >= 0.3 is 0 Å². The number of amides is 2. The van der Waals surface area contributed by atoms with Crippen molar-refractivity contribution in [3.63, 3.8) is 0 Å². The fourth-order valence-corrected chi connectivity index (χ4v) is 3.77. The topological polar surface area (TPSA) is 61.9 Å². The molecule has 0 unspecified atom stereocenters. The number of ether oxygens (including phenoxy) is 1. The first kappa shape index (κ1) is 17.6. The molecule has 2 aliphatic rings. The molecule has 1 N–H and O–H groups in total. The molecule has 6 nitrogen and oxygen atoms in total. The number of rotatable bonds is 6. The minimum atomic E-state index is 0.0194. The first-order valence-electron chi connectivity index (χ1n) is 8.03. The number of carbonyl (C=O) groups is 2. The molecule has 2 rings (SSSR count). The van der Waals surface area contributed by atoms with Crippen LogP contribution in [0.4, 0.5) is 4.79 Å². The molecule has 2 amide bonds. The molecule has 0 spiro atoms. The van der Waals surface area contributed by atoms with E-state index in [1.54, 1.807) is 4.90 Å². The Morgan fingerprint density at radius 3 is 2.68 bits per heavy atom. The van der Waals surface area contributed by atoms with E-state index in [2.05, 4.69) is 31.0 Å². The molecule has 0 radical (unpaired) electrons. The summed E-state index contributed by atoms with van der Waals surface area (Å²) < 4.78 is 5.73. The van der Waals surface area contributed by atoms with Crippen molar-refractivity contribution in [1.29, 1.82) is 0 Å². The van der Waals surface area contributed by atoms with Crippen LogP contribution in [0.1, 0.15) is 27.2 Å². The Hall–Kier alpha value is -0.790. The molecule has 126 valence electrons. The summed E-state index contributed by atoms with van der Waals surface area (Å²) in [6, 6.07) is 0.293. The molecule has 2 saturated heterocycles. The number of nitrogens with zero attached hydrogens (tertiary/aromatic N) is 2. The lowest BCUT2D eigenvalue weighted by Gasteiger charge is -2.39. The maximum atomic E-state index is 11.9. The van der Waals surface area contributed by atoms with Crippen LogP contribution in [-0.4, -0.2) is 77.7 Å². The predicted molar refractivity (Wildman–Crippen MR) is 88.1 cm³/mol. The van der Waals surface area contributed by atoms with Crippen LogP contribution >= 0.6 is 11.8 Å². The fourth-order valence-electron chi connectivity index (χ4n) is 2.92. The summed E-state index contributed by atoms with van der Waals surface area (Å²) in [7, 11) is 0. The number of thioether (sulfide) groups is 1. The van der Waals surface area contributed by atoms with Gasteiger partial charge in [-0.25, -0.2) is 0 Å². The van der Waals surface area contributed by atoms with Crippen LogP contribution in [0, 0.1) is 0 Å². The van der Waals surface area contributed by atoms with Crippen molar-refractivity contribution >= 4 is 22.9 Å². The highest BCUT2D eigenvalue weighted by atomic mass is 32.2. The minimum Gasteiger partial charge on any atom is -0.373 e. The lowest BCUT2D eigenvalue weighted by molar-refractivity contribution is -0.121. The first-order chi connectivity index (χ1) is 10.5. The average molecular weight is 329 g/mol. The lowest BCUT2D eigenvalue weighted by Crippen LogP contribution is -2.52. The van der Waals surface area contributed by atoms with Crippen molar-refractivity contribution in [2.45, 2.75) is 45.4 Å². The van der Waals surface area contributed by atoms with Crippen LogP contribution in [0.3, 0.4) is 0 Å². The Kier molecular flexibility index (Phi) is 6.52. The third kappa shape index (κ3) is 5.14. The van der Waals surface area contributed by atoms with Gasteiger partial charge in [-0.1, -0.05) is 11.8 Å². The summed E-state index contributed by atoms with van der Waals surface area (Å²) in [5.41, 5.74) is 0. The van der Waals surface area contributed by atoms with Crippen molar-refractivity contribution in [2.75, 3.05) is 38.5 Å². The van der Waals surface area contributed by atoms with Gasteiger partial charge < -0.3 is 15.0 Å². The number of hydrogen-bond acceptors (Lipinski definition) is 5. The van der Waals surface area contributed by atoms with Gasteiger partial charge in [-0.3, -0.25) is 14.5 Å². The van der Waals surface area contributed by atoms with Gasteiger partial charge in [0, 0.05) is 50.9 Å². The second-order valence-corrected chi connectivity index (χ2v) is 7.26. The van der Waals surface area contributed by atoms with Crippen molar-refractivity contribution in [1.82, 2.24) is 15.1 Å². The molecule has 2 heterocycles. The molecule has 0 bridgehead atoms. The molecular formula is C15H27N3O3S. The quantitative estimate of drug-likeness (QED) is 0.792. The van der Waals surface area contributed by atoms with E-state index >= 15 is 0 Å². The molecule has 0 aromatic rings. The fraction of sp³-hybridized carbons (Fsp3) is 0.867. The predicted octanol–water partition coefficient (Wildman–Crippen LogP) is 1.16. The van der Waals surface area contributed by atoms with Crippen molar-refractivity contribution in [3.8, 4) is 0 Å². The molecule has 0 saturated carbocycles. The SMILES string of the molecule is C[C@@H]1CN([C@@H](C)CNC(=O)CCN2CCSC2=O)C[C@@H](C)O1. The Morgan fingerprint density at radius 2 is 2.09 bits per heavy atom. The Balaban J connectivity index is 1.65. The highest BCUT2D eigenvalue weighted by Crippen LogP contribution is 2.17. The van der Waals surface area contributed by atoms with Crippen LogP contribution in [-0.2, 0) is 9.53 Å². The summed E-state index contributed by atoms with van der Waals surface area (Å²) in [6.45, 7) is 10.0. The molecule has 0 aromatic carbocycles. The van der Waals surface area contributed by atoms with E-state index in [1.807, 2.05) is 0 Å². The summed E-state index contributed by atoms with van der Waals surface area (Å²) in [5.74, 6) is 0.858. The lowest BCUT2D eigenvalue weighted by atomic mass is 10.1. The largest absolute Gasteiger partial charge is 0.373 e. The Morgan fingerprint density at radius 1 is 1.41 bits per heavy atom. The van der Waals surface area contributed by atoms with Gasteiger partial charge in [0.25, 0.3) is 5.24 Å². The molecule has 2 aliphatic heterocycles. The van der Waals surface area contributed by atoms with Crippen LogP contribution in [0.5, 0.6) is 0 Å². The van der Waals surface area contributed by atoms with Crippen LogP contribution < -0.4 is 5.32 Å². The van der Waals surface area contributed by atoms with Gasteiger partial charge in [0.1, 0.15) is 0 Å². The molecular weight excluding hydrogens is 302 g/mol. The molecule has 22 heavy (non-hydrogen) atoms. The zero-order valence-electron chi connectivity index (χ0n) is 13.7. The monoisotopic (exact) mass is 329 g/mol. The van der Waals surface area contributed by atoms with E-state index in [1.165, 1.54) is 11.8 Å². The summed E-state index contributed by atoms with van der Waals surface area (Å²) in [5, 5.41) is 3.08. The van der Waals surface area contributed by atoms with Crippen molar-refractivity contribution in [3.05, 3.63) is 0 Å². The zero-order valence-corrected chi connectivity index (χ0v) is 14.5. The van der Waals surface area contributed by atoms with Crippen molar-refractivity contribution < 1.29 is 14.3 Å². The third-order valence-electron chi connectivity index (χ3n) is 4.12. The smallest absolute Gasteiger partial charge is 0.281 e. The van der Waals surface area contributed by atoms with Crippen LogP contribution in [0.25, 0.3) is 0 Å². The van der Waals surface area contributed by atoms with E-state index < -0.39 is 0 Å². The molecule has 0 aliphatic carbocycles. The molecule has 2 fully saturated rings. The zero-order chi connectivity index (χ0) is 16.1. The summed E-state index contributed by atoms with van der Waals surface area (Å²) in [4.78, 5) is 27.5. The van der Waals surface area contributed by atoms with Gasteiger partial charge in [-0.2, -0.15) is 0 Å². The second kappa shape index (κ2) is 8.17. The average Bonchev–Trinajstić information content (AvgIpc) is 2.86. The number of carbonyl (C=O) groups excluding carboxylic acids is 2. The first-order valence-corrected chi connectivity index (χ1v) is 9.02.